The van der Waals surface area contributed by atoms with Gasteiger partial charge in [-0.15, -0.1) is 0 Å². The van der Waals surface area contributed by atoms with E-state index in [2.05, 4.69) is 86.8 Å². The quantitative estimate of drug-likeness (QED) is 0.0264. The molecule has 0 aliphatic rings. The lowest BCUT2D eigenvalue weighted by Gasteiger charge is -2.19. The van der Waals surface area contributed by atoms with Crippen LogP contribution in [0.2, 0.25) is 0 Å². The highest BCUT2D eigenvalue weighted by Gasteiger charge is 2.26. The Labute approximate surface area is 411 Å². The number of nitrogens with two attached hydrogens (primary N) is 1. The summed E-state index contributed by atoms with van der Waals surface area (Å²) >= 11 is 0. The van der Waals surface area contributed by atoms with Gasteiger partial charge < -0.3 is 20.1 Å². The number of rotatable bonds is 51. The lowest BCUT2D eigenvalue weighted by atomic mass is 10.0. The van der Waals surface area contributed by atoms with Crippen LogP contribution in [0.5, 0.6) is 0 Å². The molecule has 0 aliphatic carbocycles. The van der Waals surface area contributed by atoms with Crippen molar-refractivity contribution in [2.75, 3.05) is 26.4 Å². The van der Waals surface area contributed by atoms with Crippen molar-refractivity contribution >= 4 is 19.8 Å². The van der Waals surface area contributed by atoms with E-state index in [4.69, 9.17) is 24.3 Å². The Morgan fingerprint density at radius 2 is 0.821 bits per heavy atom. The van der Waals surface area contributed by atoms with Crippen molar-refractivity contribution in [2.24, 2.45) is 5.73 Å². The van der Waals surface area contributed by atoms with Gasteiger partial charge in [0.2, 0.25) is 0 Å². The van der Waals surface area contributed by atoms with Crippen LogP contribution in [0, 0.1) is 0 Å². The molecule has 0 heterocycles. The second-order valence-corrected chi connectivity index (χ2v) is 19.5. The van der Waals surface area contributed by atoms with Gasteiger partial charge in [0, 0.05) is 19.4 Å². The van der Waals surface area contributed by atoms with Gasteiger partial charge in [-0.3, -0.25) is 18.6 Å². The Kier molecular flexibility index (Phi) is 50.8. The maximum atomic E-state index is 12.6. The van der Waals surface area contributed by atoms with E-state index >= 15 is 0 Å². The summed E-state index contributed by atoms with van der Waals surface area (Å²) in [5.41, 5.74) is 5.37. The first-order chi connectivity index (χ1) is 32.8. The summed E-state index contributed by atoms with van der Waals surface area (Å²) in [6, 6.07) is 0. The zero-order chi connectivity index (χ0) is 48.8. The molecule has 0 aromatic rings. The summed E-state index contributed by atoms with van der Waals surface area (Å²) in [4.78, 5) is 35.1. The van der Waals surface area contributed by atoms with Crippen LogP contribution in [0.4, 0.5) is 0 Å². The van der Waals surface area contributed by atoms with Gasteiger partial charge in [0.1, 0.15) is 6.61 Å². The summed E-state index contributed by atoms with van der Waals surface area (Å²) in [5, 5.41) is 0. The molecule has 0 radical (unpaired) electrons. The monoisotopic (exact) mass is 960 g/mol. The molecule has 0 saturated heterocycles. The highest BCUT2D eigenvalue weighted by Crippen LogP contribution is 2.43. The number of carbonyl (C=O) groups excluding carboxylic acids is 2. The minimum Gasteiger partial charge on any atom is -0.462 e. The highest BCUT2D eigenvalue weighted by molar-refractivity contribution is 7.47. The molecule has 2 atom stereocenters. The molecular weight excluding hydrogens is 858 g/mol. The third-order valence-corrected chi connectivity index (χ3v) is 12.6. The first kappa shape index (κ1) is 64.5. The van der Waals surface area contributed by atoms with Gasteiger partial charge in [0.05, 0.1) is 13.2 Å². The predicted octanol–water partition coefficient (Wildman–Crippen LogP) is 17.0. The Balaban J connectivity index is 3.96. The van der Waals surface area contributed by atoms with Crippen molar-refractivity contribution < 1.29 is 37.6 Å². The first-order valence-corrected chi connectivity index (χ1v) is 28.9. The summed E-state index contributed by atoms with van der Waals surface area (Å²) in [6.07, 6.45) is 66.7. The summed E-state index contributed by atoms with van der Waals surface area (Å²) in [6.45, 7) is 3.60. The molecule has 0 aromatic carbocycles. The van der Waals surface area contributed by atoms with Crippen molar-refractivity contribution in [3.63, 3.8) is 0 Å². The van der Waals surface area contributed by atoms with Gasteiger partial charge in [-0.25, -0.2) is 4.57 Å². The average Bonchev–Trinajstić information content (AvgIpc) is 3.32. The number of esters is 2. The average molecular weight is 960 g/mol. The van der Waals surface area contributed by atoms with Crippen LogP contribution in [0.1, 0.15) is 245 Å². The number of carbonyl (C=O) groups is 2. The van der Waals surface area contributed by atoms with Crippen molar-refractivity contribution in [1.29, 1.82) is 0 Å². The van der Waals surface area contributed by atoms with Crippen LogP contribution < -0.4 is 5.73 Å². The minimum absolute atomic E-state index is 0.0467. The van der Waals surface area contributed by atoms with Gasteiger partial charge >= 0.3 is 19.8 Å². The van der Waals surface area contributed by atoms with Crippen LogP contribution >= 0.6 is 7.82 Å². The fourth-order valence-electron chi connectivity index (χ4n) is 7.54. The fraction of sp³-hybridized carbons (Fsp3) is 0.754. The van der Waals surface area contributed by atoms with Crippen molar-refractivity contribution in [3.8, 4) is 0 Å². The van der Waals surface area contributed by atoms with E-state index in [-0.39, 0.29) is 38.6 Å². The zero-order valence-corrected chi connectivity index (χ0v) is 44.0. The number of phosphoric ester groups is 1. The predicted molar refractivity (Wildman–Crippen MR) is 284 cm³/mol. The van der Waals surface area contributed by atoms with Crippen molar-refractivity contribution in [2.45, 2.75) is 251 Å². The molecule has 0 saturated carbocycles. The van der Waals surface area contributed by atoms with Crippen LogP contribution in [0.15, 0.2) is 72.9 Å². The molecule has 3 N–H and O–H groups in total. The van der Waals surface area contributed by atoms with Crippen molar-refractivity contribution in [1.82, 2.24) is 0 Å². The van der Waals surface area contributed by atoms with E-state index in [1.807, 2.05) is 0 Å². The number of hydrogen-bond acceptors (Lipinski definition) is 8. The second kappa shape index (κ2) is 52.8. The third kappa shape index (κ3) is 52.7. The Hall–Kier alpha value is -2.55. The molecule has 9 nitrogen and oxygen atoms in total. The van der Waals surface area contributed by atoms with Crippen molar-refractivity contribution in [3.05, 3.63) is 72.9 Å². The number of ether oxygens (including phenoxy) is 2. The molecule has 0 aliphatic heterocycles. The molecule has 0 amide bonds. The second-order valence-electron chi connectivity index (χ2n) is 18.1. The Morgan fingerprint density at radius 3 is 1.22 bits per heavy atom. The molecule has 0 rings (SSSR count). The number of unbranched alkanes of at least 4 members (excludes halogenated alkanes) is 26. The Morgan fingerprint density at radius 1 is 0.463 bits per heavy atom. The summed E-state index contributed by atoms with van der Waals surface area (Å²) in [7, 11) is -4.39. The molecule has 0 spiro atoms. The molecule has 388 valence electrons. The van der Waals surface area contributed by atoms with E-state index in [1.165, 1.54) is 135 Å². The number of phosphoric acid groups is 1. The number of hydrogen-bond donors (Lipinski definition) is 2. The zero-order valence-electron chi connectivity index (χ0n) is 43.1. The largest absolute Gasteiger partial charge is 0.472 e. The normalized spacial score (nSPS) is 13.7. The lowest BCUT2D eigenvalue weighted by molar-refractivity contribution is -0.161. The molecule has 0 aromatic heterocycles. The van der Waals surface area contributed by atoms with Crippen LogP contribution in [-0.4, -0.2) is 49.3 Å². The molecule has 10 heteroatoms. The first-order valence-electron chi connectivity index (χ1n) is 27.4. The topological polar surface area (TPSA) is 134 Å². The van der Waals surface area contributed by atoms with E-state index in [1.54, 1.807) is 0 Å². The molecule has 2 unspecified atom stereocenters. The van der Waals surface area contributed by atoms with Crippen LogP contribution in [-0.2, 0) is 32.7 Å². The van der Waals surface area contributed by atoms with E-state index in [9.17, 15) is 19.0 Å². The SMILES string of the molecule is CC/C=C\C/C=C\C/C=C\C/C=C\CCCCCCC(=O)OC(COC(=O)CCCCCCCCCCCCCCCCCCC/C=C\C/C=C\CCCCCCC)COP(=O)(O)OCCN. The van der Waals surface area contributed by atoms with Crippen LogP contribution in [0.25, 0.3) is 0 Å². The highest BCUT2D eigenvalue weighted by atomic mass is 31.2. The van der Waals surface area contributed by atoms with Gasteiger partial charge in [0.15, 0.2) is 6.10 Å². The standard InChI is InChI=1S/C57H102NO8P/c1-3-5-7-9-11-13-15-17-19-21-22-23-24-25-26-27-28-29-30-31-32-34-35-37-39-41-43-45-47-49-56(59)63-53-55(54-65-67(61,62)64-52-51-58)66-57(60)50-48-46-44-42-40-38-36-33-20-18-16-14-12-10-8-6-4-2/h6,8,12,14-15,17-18,20-22,36,38,55H,3-5,7,9-11,13,16,19,23-35,37,39-54,58H2,1-2H3,(H,61,62)/b8-6-,14-12-,17-15-,20-18-,22-21-,38-36-. The smallest absolute Gasteiger partial charge is 0.462 e. The summed E-state index contributed by atoms with van der Waals surface area (Å²) < 4.78 is 32.9. The van der Waals surface area contributed by atoms with E-state index in [0.717, 1.165) is 77.0 Å². The van der Waals surface area contributed by atoms with Crippen LogP contribution in [0.3, 0.4) is 0 Å². The maximum Gasteiger partial charge on any atom is 0.472 e. The molecular formula is C57H102NO8P. The number of allylic oxidation sites excluding steroid dienone is 12. The van der Waals surface area contributed by atoms with Gasteiger partial charge in [0.25, 0.3) is 0 Å². The fourth-order valence-corrected chi connectivity index (χ4v) is 8.31. The van der Waals surface area contributed by atoms with Gasteiger partial charge in [-0.1, -0.05) is 222 Å². The maximum absolute atomic E-state index is 12.6. The minimum atomic E-state index is -4.39. The van der Waals surface area contributed by atoms with E-state index < -0.39 is 26.5 Å². The summed E-state index contributed by atoms with van der Waals surface area (Å²) in [5.74, 6) is -0.853. The molecule has 67 heavy (non-hydrogen) atoms. The van der Waals surface area contributed by atoms with E-state index in [0.29, 0.717) is 6.42 Å². The Bertz CT molecular complexity index is 1320. The third-order valence-electron chi connectivity index (χ3n) is 11.6. The lowest BCUT2D eigenvalue weighted by Crippen LogP contribution is -2.29. The van der Waals surface area contributed by atoms with Gasteiger partial charge in [-0.2, -0.15) is 0 Å². The molecule has 0 fully saturated rings. The molecule has 0 bridgehead atoms. The van der Waals surface area contributed by atoms with Gasteiger partial charge in [-0.05, 0) is 83.5 Å².